The number of piperidine rings is 1. The maximum atomic E-state index is 12.0. The van der Waals surface area contributed by atoms with Crippen molar-refractivity contribution in [2.75, 3.05) is 19.6 Å². The van der Waals surface area contributed by atoms with E-state index in [1.165, 1.54) is 0 Å². The number of likely N-dealkylation sites (tertiary alicyclic amines) is 1. The van der Waals surface area contributed by atoms with E-state index < -0.39 is 0 Å². The maximum Gasteiger partial charge on any atom is 0.258 e. The Morgan fingerprint density at radius 1 is 0.927 bits per heavy atom. The van der Waals surface area contributed by atoms with Gasteiger partial charge in [0.05, 0.1) is 32.6 Å². The third-order valence-electron chi connectivity index (χ3n) is 8.30. The molecule has 6 rings (SSSR count). The van der Waals surface area contributed by atoms with Crippen LogP contribution in [0.4, 0.5) is 0 Å². The second kappa shape index (κ2) is 11.8. The molecule has 4 heterocycles. The van der Waals surface area contributed by atoms with Crippen LogP contribution in [0.3, 0.4) is 0 Å². The Labute approximate surface area is 249 Å². The van der Waals surface area contributed by atoms with Crippen molar-refractivity contribution in [3.8, 4) is 22.5 Å². The summed E-state index contributed by atoms with van der Waals surface area (Å²) in [5, 5.41) is 3.40. The topological polar surface area (TPSA) is 91.0 Å². The van der Waals surface area contributed by atoms with Gasteiger partial charge in [0.2, 0.25) is 0 Å². The van der Waals surface area contributed by atoms with Gasteiger partial charge in [-0.25, -0.2) is 4.98 Å². The first kappa shape index (κ1) is 27.6. The largest absolute Gasteiger partial charge is 0.341 e. The second-order valence-electron chi connectivity index (χ2n) is 11.0. The van der Waals surface area contributed by atoms with Crippen molar-refractivity contribution in [1.29, 1.82) is 0 Å². The molecule has 2 aromatic heterocycles. The Morgan fingerprint density at radius 2 is 1.68 bits per heavy atom. The predicted molar refractivity (Wildman–Crippen MR) is 162 cm³/mol. The maximum absolute atomic E-state index is 12.0. The Bertz CT molecular complexity index is 1600. The fraction of sp³-hybridized carbons (Fsp3) is 0.312. The lowest BCUT2D eigenvalue weighted by atomic mass is 9.92. The highest BCUT2D eigenvalue weighted by Gasteiger charge is 2.28. The SMILES string of the molecule is CC(CCCN1CCC(c2nc(-c3ccc(Cl)c(Cl)c3)c(-c3ccncc3)[nH]2)CC1)c1ccc2c(c1)C(=O)NC2=O. The molecule has 2 aliphatic rings. The van der Waals surface area contributed by atoms with Gasteiger partial charge in [-0.15, -0.1) is 0 Å². The van der Waals surface area contributed by atoms with Gasteiger partial charge in [0, 0.05) is 29.4 Å². The van der Waals surface area contributed by atoms with Crippen molar-refractivity contribution >= 4 is 35.0 Å². The number of pyridine rings is 1. The van der Waals surface area contributed by atoms with E-state index in [-0.39, 0.29) is 11.8 Å². The molecule has 0 saturated carbocycles. The quantitative estimate of drug-likeness (QED) is 0.215. The molecule has 2 aliphatic heterocycles. The van der Waals surface area contributed by atoms with Crippen LogP contribution in [0.1, 0.15) is 76.5 Å². The second-order valence-corrected chi connectivity index (χ2v) is 11.8. The summed E-state index contributed by atoms with van der Waals surface area (Å²) in [4.78, 5) is 39.3. The number of hydrogen-bond acceptors (Lipinski definition) is 5. The molecular weight excluding hydrogens is 557 g/mol. The van der Waals surface area contributed by atoms with Crippen LogP contribution in [0.15, 0.2) is 60.9 Å². The molecular formula is C32H31Cl2N5O2. The number of fused-ring (bicyclic) bond motifs is 1. The van der Waals surface area contributed by atoms with Crippen LogP contribution >= 0.6 is 23.2 Å². The summed E-state index contributed by atoms with van der Waals surface area (Å²) in [6.45, 7) is 5.27. The fourth-order valence-electron chi connectivity index (χ4n) is 5.87. The molecule has 1 atom stereocenters. The number of halogens is 2. The number of aromatic amines is 1. The number of aromatic nitrogens is 3. The van der Waals surface area contributed by atoms with E-state index in [4.69, 9.17) is 28.2 Å². The van der Waals surface area contributed by atoms with Crippen LogP contribution in [-0.2, 0) is 0 Å². The monoisotopic (exact) mass is 587 g/mol. The fourth-order valence-corrected chi connectivity index (χ4v) is 6.17. The van der Waals surface area contributed by atoms with E-state index in [2.05, 4.69) is 27.1 Å². The van der Waals surface area contributed by atoms with E-state index in [1.807, 2.05) is 42.5 Å². The zero-order valence-electron chi connectivity index (χ0n) is 22.8. The lowest BCUT2D eigenvalue weighted by molar-refractivity contribution is 0.0879. The molecule has 0 bridgehead atoms. The molecule has 1 saturated heterocycles. The predicted octanol–water partition coefficient (Wildman–Crippen LogP) is 7.09. The van der Waals surface area contributed by atoms with Crippen LogP contribution in [0.25, 0.3) is 22.5 Å². The van der Waals surface area contributed by atoms with Crippen molar-refractivity contribution in [3.05, 3.63) is 93.5 Å². The number of carbonyl (C=O) groups is 2. The summed E-state index contributed by atoms with van der Waals surface area (Å²) in [5.41, 5.74) is 5.86. The van der Waals surface area contributed by atoms with Crippen molar-refractivity contribution in [3.63, 3.8) is 0 Å². The van der Waals surface area contributed by atoms with Gasteiger partial charge >= 0.3 is 0 Å². The number of hydrogen-bond donors (Lipinski definition) is 2. The number of amides is 2. The van der Waals surface area contributed by atoms with Crippen LogP contribution in [0, 0.1) is 0 Å². The third kappa shape index (κ3) is 5.80. The molecule has 0 radical (unpaired) electrons. The molecule has 1 fully saturated rings. The number of nitrogens with zero attached hydrogens (tertiary/aromatic N) is 3. The first-order valence-electron chi connectivity index (χ1n) is 14.0. The molecule has 2 N–H and O–H groups in total. The van der Waals surface area contributed by atoms with Crippen molar-refractivity contribution in [2.24, 2.45) is 0 Å². The van der Waals surface area contributed by atoms with Crippen LogP contribution < -0.4 is 5.32 Å². The molecule has 41 heavy (non-hydrogen) atoms. The smallest absolute Gasteiger partial charge is 0.258 e. The lowest BCUT2D eigenvalue weighted by Gasteiger charge is -2.31. The summed E-state index contributed by atoms with van der Waals surface area (Å²) in [7, 11) is 0. The third-order valence-corrected chi connectivity index (χ3v) is 9.04. The van der Waals surface area contributed by atoms with E-state index in [1.54, 1.807) is 18.5 Å². The highest BCUT2D eigenvalue weighted by atomic mass is 35.5. The minimum atomic E-state index is -0.304. The van der Waals surface area contributed by atoms with Gasteiger partial charge < -0.3 is 9.88 Å². The summed E-state index contributed by atoms with van der Waals surface area (Å²) < 4.78 is 0. The van der Waals surface area contributed by atoms with Crippen molar-refractivity contribution in [1.82, 2.24) is 25.2 Å². The van der Waals surface area contributed by atoms with Crippen molar-refractivity contribution in [2.45, 2.75) is 44.4 Å². The van der Waals surface area contributed by atoms with Crippen LogP contribution in [0.5, 0.6) is 0 Å². The van der Waals surface area contributed by atoms with Crippen LogP contribution in [0.2, 0.25) is 10.0 Å². The van der Waals surface area contributed by atoms with Gasteiger partial charge in [-0.2, -0.15) is 0 Å². The Balaban J connectivity index is 1.08. The van der Waals surface area contributed by atoms with Gasteiger partial charge in [-0.1, -0.05) is 42.3 Å². The van der Waals surface area contributed by atoms with Gasteiger partial charge in [0.1, 0.15) is 5.82 Å². The number of nitrogens with one attached hydrogen (secondary N) is 2. The number of carbonyl (C=O) groups excluding carboxylic acids is 2. The molecule has 2 amide bonds. The number of benzene rings is 2. The Hall–Kier alpha value is -3.52. The van der Waals surface area contributed by atoms with Gasteiger partial charge in [-0.3, -0.25) is 19.9 Å². The number of imidazole rings is 1. The average Bonchev–Trinajstić information content (AvgIpc) is 3.56. The molecule has 2 aromatic carbocycles. The number of H-pyrrole nitrogens is 1. The van der Waals surface area contributed by atoms with Crippen molar-refractivity contribution < 1.29 is 9.59 Å². The van der Waals surface area contributed by atoms with E-state index >= 15 is 0 Å². The number of rotatable bonds is 8. The van der Waals surface area contributed by atoms with Crippen LogP contribution in [-0.4, -0.2) is 51.3 Å². The van der Waals surface area contributed by atoms with E-state index in [0.717, 1.165) is 79.2 Å². The molecule has 7 nitrogen and oxygen atoms in total. The highest BCUT2D eigenvalue weighted by Crippen LogP contribution is 2.37. The summed E-state index contributed by atoms with van der Waals surface area (Å²) >= 11 is 12.5. The average molecular weight is 589 g/mol. The lowest BCUT2D eigenvalue weighted by Crippen LogP contribution is -2.34. The summed E-state index contributed by atoms with van der Waals surface area (Å²) in [6, 6.07) is 15.2. The van der Waals surface area contributed by atoms with E-state index in [0.29, 0.717) is 33.0 Å². The highest BCUT2D eigenvalue weighted by molar-refractivity contribution is 6.42. The van der Waals surface area contributed by atoms with Gasteiger partial charge in [-0.05, 0) is 93.2 Å². The van der Waals surface area contributed by atoms with Gasteiger partial charge in [0.25, 0.3) is 11.8 Å². The molecule has 210 valence electrons. The molecule has 0 aliphatic carbocycles. The molecule has 1 unspecified atom stereocenters. The Kier molecular flexibility index (Phi) is 7.93. The molecule has 9 heteroatoms. The number of imide groups is 1. The standard InChI is InChI=1S/C32H31Cl2N5O2/c1-19(22-4-6-24-25(17-22)32(41)38-31(24)40)3-2-14-39-15-10-21(11-16-39)30-36-28(20-8-12-35-13-9-20)29(37-30)23-5-7-26(33)27(34)18-23/h4-9,12-13,17-19,21H,2-3,10-11,14-16H2,1H3,(H,36,37)(H,38,40,41). The summed E-state index contributed by atoms with van der Waals surface area (Å²) in [6.07, 6.45) is 7.74. The Morgan fingerprint density at radius 3 is 2.44 bits per heavy atom. The zero-order valence-corrected chi connectivity index (χ0v) is 24.3. The molecule has 4 aromatic rings. The van der Waals surface area contributed by atoms with E-state index in [9.17, 15) is 9.59 Å². The minimum Gasteiger partial charge on any atom is -0.341 e. The van der Waals surface area contributed by atoms with Gasteiger partial charge in [0.15, 0.2) is 0 Å². The first-order valence-corrected chi connectivity index (χ1v) is 14.8. The molecule has 0 spiro atoms. The zero-order chi connectivity index (χ0) is 28.5. The summed E-state index contributed by atoms with van der Waals surface area (Å²) in [5.74, 6) is 1.07. The normalized spacial score (nSPS) is 16.6. The minimum absolute atomic E-state index is 0.296. The first-order chi connectivity index (χ1) is 19.9.